The summed E-state index contributed by atoms with van der Waals surface area (Å²) in [4.78, 5) is 30.4. The molecule has 0 atom stereocenters. The van der Waals surface area contributed by atoms with E-state index in [0.717, 1.165) is 16.2 Å². The normalized spacial score (nSPS) is 14.3. The second-order valence-corrected chi connectivity index (χ2v) is 10.0. The number of amides is 2. The third-order valence-corrected chi connectivity index (χ3v) is 7.29. The van der Waals surface area contributed by atoms with Gasteiger partial charge in [-0.15, -0.1) is 11.3 Å². The van der Waals surface area contributed by atoms with E-state index in [1.165, 1.54) is 36.5 Å². The number of nitrogens with zero attached hydrogens (tertiary/aromatic N) is 2. The summed E-state index contributed by atoms with van der Waals surface area (Å²) >= 11 is 13.3. The number of carbonyl (C=O) groups excluding carboxylic acids is 2. The standard InChI is InChI=1S/C20H14Cl2N4O4S2/c1-11-2-3-12(21)10-15(11)26-18(27)16(22)17(19(26)28)24-13-4-6-14(7-5-13)32(29,30)25-20-23-8-9-31-20/h2-10,24H,1H3,(H,23,25). The summed E-state index contributed by atoms with van der Waals surface area (Å²) in [5.41, 5.74) is 1.26. The summed E-state index contributed by atoms with van der Waals surface area (Å²) in [6, 6.07) is 10.5. The van der Waals surface area contributed by atoms with Crippen molar-refractivity contribution in [2.45, 2.75) is 11.8 Å². The number of thiazole rings is 1. The maximum Gasteiger partial charge on any atom is 0.283 e. The number of sulfonamides is 1. The van der Waals surface area contributed by atoms with E-state index < -0.39 is 21.8 Å². The maximum atomic E-state index is 12.9. The van der Waals surface area contributed by atoms with Gasteiger partial charge < -0.3 is 5.32 Å². The molecular weight excluding hydrogens is 495 g/mol. The predicted octanol–water partition coefficient (Wildman–Crippen LogP) is 4.34. The molecule has 0 fully saturated rings. The molecule has 2 N–H and O–H groups in total. The third-order valence-electron chi connectivity index (χ3n) is 4.53. The molecule has 4 rings (SSSR count). The van der Waals surface area contributed by atoms with Crippen molar-refractivity contribution >= 4 is 72.9 Å². The summed E-state index contributed by atoms with van der Waals surface area (Å²) in [5, 5.41) is 4.79. The fraction of sp³-hybridized carbons (Fsp3) is 0.0500. The molecule has 3 aromatic rings. The topological polar surface area (TPSA) is 108 Å². The molecule has 0 spiro atoms. The van der Waals surface area contributed by atoms with Gasteiger partial charge in [-0.3, -0.25) is 14.3 Å². The summed E-state index contributed by atoms with van der Waals surface area (Å²) < 4.78 is 27.3. The lowest BCUT2D eigenvalue weighted by Crippen LogP contribution is -2.32. The van der Waals surface area contributed by atoms with Crippen LogP contribution in [-0.2, 0) is 19.6 Å². The number of aromatic nitrogens is 1. The molecule has 0 bridgehead atoms. The lowest BCUT2D eigenvalue weighted by molar-refractivity contribution is -0.120. The molecule has 32 heavy (non-hydrogen) atoms. The minimum Gasteiger partial charge on any atom is -0.350 e. The fourth-order valence-electron chi connectivity index (χ4n) is 2.96. The van der Waals surface area contributed by atoms with Crippen LogP contribution in [0.3, 0.4) is 0 Å². The molecule has 2 aromatic carbocycles. The van der Waals surface area contributed by atoms with Crippen LogP contribution in [0.15, 0.2) is 69.7 Å². The first-order valence-electron chi connectivity index (χ1n) is 9.01. The summed E-state index contributed by atoms with van der Waals surface area (Å²) in [5.74, 6) is -1.33. The first-order valence-corrected chi connectivity index (χ1v) is 12.1. The highest BCUT2D eigenvalue weighted by Crippen LogP contribution is 2.33. The number of anilines is 3. The molecule has 0 saturated carbocycles. The molecule has 164 valence electrons. The Kier molecular flexibility index (Phi) is 5.95. The average Bonchev–Trinajstić information content (AvgIpc) is 3.33. The van der Waals surface area contributed by atoms with Crippen LogP contribution in [-0.4, -0.2) is 25.2 Å². The van der Waals surface area contributed by atoms with E-state index in [4.69, 9.17) is 23.2 Å². The van der Waals surface area contributed by atoms with Gasteiger partial charge in [0.25, 0.3) is 21.8 Å². The van der Waals surface area contributed by atoms with Crippen molar-refractivity contribution in [1.29, 1.82) is 0 Å². The molecule has 1 aliphatic heterocycles. The Morgan fingerprint density at radius 3 is 2.41 bits per heavy atom. The maximum absolute atomic E-state index is 12.9. The molecule has 2 heterocycles. The Labute approximate surface area is 197 Å². The van der Waals surface area contributed by atoms with Crippen LogP contribution < -0.4 is 14.9 Å². The van der Waals surface area contributed by atoms with E-state index in [1.54, 1.807) is 24.4 Å². The Hall–Kier alpha value is -2.92. The van der Waals surface area contributed by atoms with Crippen LogP contribution in [0.25, 0.3) is 0 Å². The largest absolute Gasteiger partial charge is 0.350 e. The van der Waals surface area contributed by atoms with Crippen LogP contribution in [0.1, 0.15) is 5.56 Å². The van der Waals surface area contributed by atoms with Gasteiger partial charge in [-0.2, -0.15) is 0 Å². The number of benzene rings is 2. The number of halogens is 2. The molecule has 8 nitrogen and oxygen atoms in total. The zero-order valence-corrected chi connectivity index (χ0v) is 19.4. The van der Waals surface area contributed by atoms with E-state index in [0.29, 0.717) is 22.0 Å². The van der Waals surface area contributed by atoms with Gasteiger partial charge in [-0.25, -0.2) is 18.3 Å². The fourth-order valence-corrected chi connectivity index (χ4v) is 5.13. The Balaban J connectivity index is 1.56. The molecule has 2 amide bonds. The number of aryl methyl sites for hydroxylation is 1. The number of carbonyl (C=O) groups is 2. The van der Waals surface area contributed by atoms with Crippen LogP contribution in [0.5, 0.6) is 0 Å². The number of rotatable bonds is 6. The smallest absolute Gasteiger partial charge is 0.283 e. The number of imide groups is 1. The van der Waals surface area contributed by atoms with E-state index in [1.807, 2.05) is 0 Å². The highest BCUT2D eigenvalue weighted by atomic mass is 35.5. The number of nitrogens with one attached hydrogen (secondary N) is 2. The highest BCUT2D eigenvalue weighted by molar-refractivity contribution is 7.93. The van der Waals surface area contributed by atoms with Gasteiger partial charge in [0, 0.05) is 22.3 Å². The van der Waals surface area contributed by atoms with Crippen molar-refractivity contribution in [2.24, 2.45) is 0 Å². The Bertz CT molecular complexity index is 1350. The molecule has 1 aliphatic rings. The number of hydrogen-bond donors (Lipinski definition) is 2. The van der Waals surface area contributed by atoms with Gasteiger partial charge in [0.15, 0.2) is 5.13 Å². The van der Waals surface area contributed by atoms with Crippen LogP contribution >= 0.6 is 34.5 Å². The zero-order chi connectivity index (χ0) is 23.0. The van der Waals surface area contributed by atoms with Crippen molar-refractivity contribution in [3.63, 3.8) is 0 Å². The van der Waals surface area contributed by atoms with Crippen LogP contribution in [0, 0.1) is 6.92 Å². The van der Waals surface area contributed by atoms with Gasteiger partial charge >= 0.3 is 0 Å². The summed E-state index contributed by atoms with van der Waals surface area (Å²) in [6.45, 7) is 1.74. The van der Waals surface area contributed by atoms with E-state index in [9.17, 15) is 18.0 Å². The molecule has 1 aromatic heterocycles. The molecule has 12 heteroatoms. The average molecular weight is 509 g/mol. The zero-order valence-electron chi connectivity index (χ0n) is 16.3. The quantitative estimate of drug-likeness (QED) is 0.479. The van der Waals surface area contributed by atoms with Crippen LogP contribution in [0.2, 0.25) is 5.02 Å². The predicted molar refractivity (Wildman–Crippen MR) is 125 cm³/mol. The van der Waals surface area contributed by atoms with E-state index in [2.05, 4.69) is 15.0 Å². The second kappa shape index (κ2) is 8.55. The highest BCUT2D eigenvalue weighted by Gasteiger charge is 2.39. The Morgan fingerprint density at radius 1 is 1.03 bits per heavy atom. The molecule has 0 aliphatic carbocycles. The lowest BCUT2D eigenvalue weighted by atomic mass is 10.2. The Morgan fingerprint density at radius 2 is 1.75 bits per heavy atom. The van der Waals surface area contributed by atoms with Crippen LogP contribution in [0.4, 0.5) is 16.5 Å². The number of hydrogen-bond acceptors (Lipinski definition) is 7. The van der Waals surface area contributed by atoms with E-state index >= 15 is 0 Å². The van der Waals surface area contributed by atoms with Crippen molar-refractivity contribution in [3.8, 4) is 0 Å². The minimum atomic E-state index is -3.82. The summed E-state index contributed by atoms with van der Waals surface area (Å²) in [7, 11) is -3.82. The lowest BCUT2D eigenvalue weighted by Gasteiger charge is -2.17. The van der Waals surface area contributed by atoms with Gasteiger partial charge in [0.1, 0.15) is 10.7 Å². The van der Waals surface area contributed by atoms with Gasteiger partial charge in [0.2, 0.25) is 0 Å². The summed E-state index contributed by atoms with van der Waals surface area (Å²) in [6.07, 6.45) is 1.49. The molecular formula is C20H14Cl2N4O4S2. The monoisotopic (exact) mass is 508 g/mol. The third kappa shape index (κ3) is 4.22. The van der Waals surface area contributed by atoms with Crippen molar-refractivity contribution in [1.82, 2.24) is 4.98 Å². The van der Waals surface area contributed by atoms with E-state index in [-0.39, 0.29) is 20.8 Å². The molecule has 0 unspecified atom stereocenters. The van der Waals surface area contributed by atoms with Gasteiger partial charge in [-0.1, -0.05) is 29.3 Å². The molecule has 0 radical (unpaired) electrons. The first kappa shape index (κ1) is 22.3. The van der Waals surface area contributed by atoms with Gasteiger partial charge in [0.05, 0.1) is 10.6 Å². The van der Waals surface area contributed by atoms with Gasteiger partial charge in [-0.05, 0) is 48.9 Å². The van der Waals surface area contributed by atoms with Crippen molar-refractivity contribution in [2.75, 3.05) is 14.9 Å². The SMILES string of the molecule is Cc1ccc(Cl)cc1N1C(=O)C(Cl)=C(Nc2ccc(S(=O)(=O)Nc3nccs3)cc2)C1=O. The van der Waals surface area contributed by atoms with Crippen molar-refractivity contribution in [3.05, 3.63) is 75.4 Å². The second-order valence-electron chi connectivity index (χ2n) is 6.66. The first-order chi connectivity index (χ1) is 15.2. The molecule has 0 saturated heterocycles. The minimum absolute atomic E-state index is 0.00308. The van der Waals surface area contributed by atoms with Crippen molar-refractivity contribution < 1.29 is 18.0 Å².